The summed E-state index contributed by atoms with van der Waals surface area (Å²) in [6.45, 7) is 8.20. The third-order valence-electron chi connectivity index (χ3n) is 5.62. The van der Waals surface area contributed by atoms with Gasteiger partial charge in [0.2, 0.25) is 0 Å². The second-order valence-corrected chi connectivity index (χ2v) is 11.2. The molecule has 0 aromatic rings. The van der Waals surface area contributed by atoms with E-state index in [1.807, 2.05) is 33.8 Å². The van der Waals surface area contributed by atoms with Gasteiger partial charge in [0.05, 0.1) is 19.1 Å². The van der Waals surface area contributed by atoms with Crippen molar-refractivity contribution in [1.82, 2.24) is 14.9 Å². The lowest BCUT2D eigenvalue weighted by Crippen LogP contribution is -2.65. The van der Waals surface area contributed by atoms with E-state index in [1.54, 1.807) is 4.67 Å². The molecule has 0 aliphatic carbocycles. The molecule has 6 N–H and O–H groups in total. The highest BCUT2D eigenvalue weighted by molar-refractivity contribution is 7.63. The number of carbonyl (C=O) groups excluding carboxylic acids is 2. The zero-order valence-corrected chi connectivity index (χ0v) is 20.5. The van der Waals surface area contributed by atoms with E-state index in [4.69, 9.17) is 20.3 Å². The Balaban J connectivity index is 2.34. The SMILES string of the molecule is CC(=O)C1(N)C=CN([C@@H]2O[C@H](CO)[C@@H](O[P+](O)(CCC#N)N(C(C)C)C(C)C)[C@H]2O)C(=O)N1. The molecule has 1 saturated heterocycles. The molecule has 0 spiro atoms. The van der Waals surface area contributed by atoms with Crippen LogP contribution < -0.4 is 11.1 Å². The Labute approximate surface area is 194 Å². The Morgan fingerprint density at radius 3 is 2.52 bits per heavy atom. The average Bonchev–Trinajstić information content (AvgIpc) is 3.01. The summed E-state index contributed by atoms with van der Waals surface area (Å²) in [5.74, 6) is -0.482. The molecule has 2 unspecified atom stereocenters. The van der Waals surface area contributed by atoms with Crippen molar-refractivity contribution in [3.63, 3.8) is 0 Å². The van der Waals surface area contributed by atoms with Crippen molar-refractivity contribution in [1.29, 1.82) is 5.26 Å². The topological polar surface area (TPSA) is 182 Å². The first-order valence-electron chi connectivity index (χ1n) is 10.8. The number of Topliss-reactive ketones (excluding diaryl/α,β-unsaturated/α-hetero) is 1. The van der Waals surface area contributed by atoms with Crippen molar-refractivity contribution in [3.8, 4) is 6.07 Å². The first-order valence-corrected chi connectivity index (χ1v) is 12.6. The second-order valence-electron chi connectivity index (χ2n) is 8.75. The van der Waals surface area contributed by atoms with Crippen LogP contribution in [-0.4, -0.2) is 91.5 Å². The average molecular weight is 489 g/mol. The summed E-state index contributed by atoms with van der Waals surface area (Å²) in [6, 6.07) is 0.960. The van der Waals surface area contributed by atoms with Gasteiger partial charge >= 0.3 is 13.9 Å². The minimum absolute atomic E-state index is 0.0258. The van der Waals surface area contributed by atoms with Gasteiger partial charge in [-0.15, -0.1) is 4.67 Å². The number of carbonyl (C=O) groups is 2. The molecule has 0 saturated carbocycles. The minimum Gasteiger partial charge on any atom is -0.394 e. The van der Waals surface area contributed by atoms with Crippen molar-refractivity contribution < 1.29 is 34.0 Å². The lowest BCUT2D eigenvalue weighted by Gasteiger charge is -2.37. The van der Waals surface area contributed by atoms with Crippen molar-refractivity contribution in [2.24, 2.45) is 5.73 Å². The first-order chi connectivity index (χ1) is 15.3. The number of aliphatic hydroxyl groups excluding tert-OH is 2. The van der Waals surface area contributed by atoms with Crippen LogP contribution >= 0.6 is 7.87 Å². The molecule has 2 amide bonds. The summed E-state index contributed by atoms with van der Waals surface area (Å²) in [5.41, 5.74) is 4.19. The van der Waals surface area contributed by atoms with E-state index in [-0.39, 0.29) is 24.7 Å². The maximum Gasteiger partial charge on any atom is 0.347 e. The summed E-state index contributed by atoms with van der Waals surface area (Å²) < 4.78 is 13.6. The summed E-state index contributed by atoms with van der Waals surface area (Å²) in [7, 11) is -3.40. The third-order valence-corrected chi connectivity index (χ3v) is 8.65. The van der Waals surface area contributed by atoms with E-state index in [0.717, 1.165) is 4.90 Å². The van der Waals surface area contributed by atoms with Crippen molar-refractivity contribution in [2.75, 3.05) is 12.8 Å². The fourth-order valence-corrected chi connectivity index (χ4v) is 7.04. The molecule has 2 rings (SSSR count). The number of nitrogens with one attached hydrogen (secondary N) is 1. The third kappa shape index (κ3) is 5.70. The Hall–Kier alpha value is -1.68. The van der Waals surface area contributed by atoms with Crippen molar-refractivity contribution in [2.45, 2.75) is 83.3 Å². The van der Waals surface area contributed by atoms with Crippen LogP contribution in [-0.2, 0) is 14.1 Å². The number of ether oxygens (including phenoxy) is 1. The van der Waals surface area contributed by atoms with Gasteiger partial charge in [-0.2, -0.15) is 9.79 Å². The van der Waals surface area contributed by atoms with E-state index in [1.165, 1.54) is 19.2 Å². The number of nitriles is 1. The van der Waals surface area contributed by atoms with Gasteiger partial charge in [0.1, 0.15) is 18.4 Å². The highest BCUT2D eigenvalue weighted by atomic mass is 31.2. The van der Waals surface area contributed by atoms with E-state index in [9.17, 15) is 24.7 Å². The molecule has 1 fully saturated rings. The van der Waals surface area contributed by atoms with Gasteiger partial charge in [-0.3, -0.25) is 15.4 Å². The molecule has 2 aliphatic heterocycles. The van der Waals surface area contributed by atoms with Crippen molar-refractivity contribution >= 4 is 19.7 Å². The molecule has 2 heterocycles. The zero-order chi connectivity index (χ0) is 25.1. The maximum atomic E-state index is 12.6. The van der Waals surface area contributed by atoms with Crippen LogP contribution in [0.1, 0.15) is 41.0 Å². The summed E-state index contributed by atoms with van der Waals surface area (Å²) in [6.07, 6.45) is -2.40. The smallest absolute Gasteiger partial charge is 0.347 e. The van der Waals surface area contributed by atoms with Gasteiger partial charge in [-0.05, 0) is 40.7 Å². The number of rotatable bonds is 10. The molecule has 186 valence electrons. The Morgan fingerprint density at radius 2 is 2.06 bits per heavy atom. The predicted octanol–water partition coefficient (Wildman–Crippen LogP) is 0.0200. The summed E-state index contributed by atoms with van der Waals surface area (Å²) in [4.78, 5) is 36.9. The summed E-state index contributed by atoms with van der Waals surface area (Å²) >= 11 is 0. The number of amides is 2. The predicted molar refractivity (Wildman–Crippen MR) is 120 cm³/mol. The lowest BCUT2D eigenvalue weighted by molar-refractivity contribution is -0.121. The Bertz CT molecular complexity index is 798. The van der Waals surface area contributed by atoms with E-state index in [2.05, 4.69) is 5.32 Å². The van der Waals surface area contributed by atoms with Gasteiger partial charge in [0.25, 0.3) is 0 Å². The van der Waals surface area contributed by atoms with Crippen LogP contribution in [0.25, 0.3) is 0 Å². The highest BCUT2D eigenvalue weighted by Gasteiger charge is 2.58. The second kappa shape index (κ2) is 10.7. The van der Waals surface area contributed by atoms with Crippen LogP contribution in [0.5, 0.6) is 0 Å². The first kappa shape index (κ1) is 27.6. The molecular weight excluding hydrogens is 453 g/mol. The van der Waals surface area contributed by atoms with Crippen LogP contribution in [0.3, 0.4) is 0 Å². The van der Waals surface area contributed by atoms with Crippen LogP contribution in [0.4, 0.5) is 4.79 Å². The molecule has 13 heteroatoms. The Kier molecular flexibility index (Phi) is 8.95. The highest BCUT2D eigenvalue weighted by Crippen LogP contribution is 2.63. The standard InChI is InChI=1S/C20H34N5O7P/c1-12(2)25(13(3)4)33(30,10-6-8-21)32-17-15(11-26)31-18(16(17)28)24-9-7-20(22,14(5)27)23-19(24)29/h7,9,12-13,15-18,26,28,30H,6,10-11,22H2,1-5H3/p+1/t15-,16-,17-,18-,20?,33?/m1/s1. The lowest BCUT2D eigenvalue weighted by atomic mass is 10.1. The van der Waals surface area contributed by atoms with E-state index in [0.29, 0.717) is 0 Å². The fraction of sp³-hybridized carbons (Fsp3) is 0.750. The molecule has 12 nitrogen and oxygen atoms in total. The number of hydrogen-bond donors (Lipinski definition) is 5. The van der Waals surface area contributed by atoms with Gasteiger partial charge in [0.15, 0.2) is 23.8 Å². The summed E-state index contributed by atoms with van der Waals surface area (Å²) in [5, 5.41) is 32.3. The fourth-order valence-electron chi connectivity index (χ4n) is 4.11. The molecule has 0 bridgehead atoms. The maximum absolute atomic E-state index is 12.6. The van der Waals surface area contributed by atoms with Gasteiger partial charge < -0.3 is 20.3 Å². The van der Waals surface area contributed by atoms with Crippen LogP contribution in [0.2, 0.25) is 0 Å². The largest absolute Gasteiger partial charge is 0.394 e. The number of urea groups is 1. The van der Waals surface area contributed by atoms with Crippen LogP contribution in [0, 0.1) is 11.3 Å². The zero-order valence-electron chi connectivity index (χ0n) is 19.6. The molecule has 0 aromatic heterocycles. The number of hydrogen-bond acceptors (Lipinski definition) is 10. The Morgan fingerprint density at radius 1 is 1.45 bits per heavy atom. The normalized spacial score (nSPS) is 31.7. The molecule has 33 heavy (non-hydrogen) atoms. The van der Waals surface area contributed by atoms with E-state index >= 15 is 0 Å². The van der Waals surface area contributed by atoms with Gasteiger partial charge in [-0.1, -0.05) is 0 Å². The number of nitrogens with two attached hydrogens (primary N) is 1. The van der Waals surface area contributed by atoms with E-state index < -0.39 is 56.5 Å². The number of aliphatic hydroxyl groups is 2. The minimum atomic E-state index is -3.40. The number of nitrogens with zero attached hydrogens (tertiary/aromatic N) is 3. The molecular formula is C20H35N5O7P+. The molecule has 0 radical (unpaired) electrons. The molecule has 2 aliphatic rings. The van der Waals surface area contributed by atoms with Crippen LogP contribution in [0.15, 0.2) is 12.3 Å². The van der Waals surface area contributed by atoms with Gasteiger partial charge in [-0.25, -0.2) is 9.69 Å². The number of ketones is 1. The quantitative estimate of drug-likeness (QED) is 0.263. The molecule has 0 aromatic carbocycles. The van der Waals surface area contributed by atoms with Crippen molar-refractivity contribution in [3.05, 3.63) is 12.3 Å². The van der Waals surface area contributed by atoms with Gasteiger partial charge in [0, 0.05) is 18.3 Å². The molecule has 6 atom stereocenters. The monoisotopic (exact) mass is 488 g/mol.